The molecule has 2 aromatic heterocycles. The Morgan fingerprint density at radius 3 is 2.69 bits per heavy atom. The van der Waals surface area contributed by atoms with E-state index in [0.717, 1.165) is 46.5 Å². The van der Waals surface area contributed by atoms with E-state index < -0.39 is 0 Å². The number of thioether (sulfide) groups is 1. The van der Waals surface area contributed by atoms with Gasteiger partial charge in [-0.2, -0.15) is 0 Å². The van der Waals surface area contributed by atoms with E-state index in [4.69, 9.17) is 28.2 Å². The van der Waals surface area contributed by atoms with Crippen LogP contribution in [0.1, 0.15) is 21.6 Å². The number of thiophene rings is 1. The summed E-state index contributed by atoms with van der Waals surface area (Å²) in [6, 6.07) is 13.5. The van der Waals surface area contributed by atoms with Gasteiger partial charge >= 0.3 is 0 Å². The summed E-state index contributed by atoms with van der Waals surface area (Å²) in [5, 5.41) is 2.66. The predicted molar refractivity (Wildman–Crippen MR) is 136 cm³/mol. The molecule has 3 heterocycles. The van der Waals surface area contributed by atoms with Gasteiger partial charge in [-0.15, -0.1) is 11.3 Å². The Bertz CT molecular complexity index is 1380. The van der Waals surface area contributed by atoms with Gasteiger partial charge in [-0.25, -0.2) is 4.98 Å². The molecule has 0 aliphatic carbocycles. The molecule has 5 rings (SSSR count). The van der Waals surface area contributed by atoms with E-state index in [0.29, 0.717) is 21.0 Å². The van der Waals surface area contributed by atoms with Gasteiger partial charge in [-0.1, -0.05) is 58.7 Å². The van der Waals surface area contributed by atoms with Crippen LogP contribution in [0.25, 0.3) is 15.9 Å². The minimum Gasteiger partial charge on any atom is -0.301 e. The summed E-state index contributed by atoms with van der Waals surface area (Å²) in [6.07, 6.45) is 0.878. The van der Waals surface area contributed by atoms with E-state index in [1.165, 1.54) is 22.2 Å². The lowest BCUT2D eigenvalue weighted by Gasteiger charge is -2.21. The molecular formula is C24H21Cl2N3OS2. The van der Waals surface area contributed by atoms with Gasteiger partial charge < -0.3 is 4.90 Å². The number of rotatable bonds is 4. The fourth-order valence-corrected chi connectivity index (χ4v) is 6.86. The lowest BCUT2D eigenvalue weighted by atomic mass is 10.1. The summed E-state index contributed by atoms with van der Waals surface area (Å²) in [4.78, 5) is 23.2. The SMILES string of the molecule is Cc1ccc(-n2c(SCc3ccc(Cl)cc3Cl)nc3sc4c(c3c2=O)CCN(C)C4)cc1. The second kappa shape index (κ2) is 8.84. The molecule has 1 aliphatic heterocycles. The van der Waals surface area contributed by atoms with Crippen molar-refractivity contribution < 1.29 is 0 Å². The number of nitrogens with zero attached hydrogens (tertiary/aromatic N) is 3. The standard InChI is InChI=1S/C24H21Cl2N3OS2/c1-14-3-7-17(8-4-14)29-23(30)21-18-9-10-28(2)12-20(18)32-22(21)27-24(29)31-13-15-5-6-16(25)11-19(15)26/h3-8,11H,9-10,12-13H2,1-2H3. The van der Waals surface area contributed by atoms with Crippen molar-refractivity contribution in [1.29, 1.82) is 0 Å². The smallest absolute Gasteiger partial charge is 0.267 e. The Hall–Kier alpha value is -1.83. The van der Waals surface area contributed by atoms with Crippen LogP contribution in [-0.2, 0) is 18.7 Å². The molecule has 164 valence electrons. The molecule has 0 radical (unpaired) electrons. The van der Waals surface area contributed by atoms with E-state index in [1.807, 2.05) is 43.3 Å². The Morgan fingerprint density at radius 1 is 1.16 bits per heavy atom. The van der Waals surface area contributed by atoms with Crippen molar-refractivity contribution in [3.63, 3.8) is 0 Å². The van der Waals surface area contributed by atoms with Gasteiger partial charge in [0.25, 0.3) is 5.56 Å². The molecule has 4 nitrogen and oxygen atoms in total. The van der Waals surface area contributed by atoms with Crippen molar-refractivity contribution >= 4 is 56.5 Å². The molecule has 0 fully saturated rings. The Labute approximate surface area is 204 Å². The average molecular weight is 502 g/mol. The van der Waals surface area contributed by atoms with E-state index in [9.17, 15) is 4.79 Å². The Kier molecular flexibility index (Phi) is 6.07. The summed E-state index contributed by atoms with van der Waals surface area (Å²) < 4.78 is 1.75. The zero-order valence-corrected chi connectivity index (χ0v) is 20.8. The highest BCUT2D eigenvalue weighted by Crippen LogP contribution is 2.35. The van der Waals surface area contributed by atoms with Gasteiger partial charge in [-0.3, -0.25) is 9.36 Å². The van der Waals surface area contributed by atoms with Gasteiger partial charge in [-0.05, 0) is 55.8 Å². The molecule has 0 saturated carbocycles. The van der Waals surface area contributed by atoms with Gasteiger partial charge in [0.15, 0.2) is 5.16 Å². The first-order valence-electron chi connectivity index (χ1n) is 10.3. The molecule has 0 spiro atoms. The van der Waals surface area contributed by atoms with Crippen molar-refractivity contribution in [2.24, 2.45) is 0 Å². The molecule has 0 amide bonds. The third-order valence-electron chi connectivity index (χ3n) is 5.70. The number of hydrogen-bond acceptors (Lipinski definition) is 5. The van der Waals surface area contributed by atoms with Crippen molar-refractivity contribution in [2.75, 3.05) is 13.6 Å². The number of benzene rings is 2. The second-order valence-electron chi connectivity index (χ2n) is 8.07. The van der Waals surface area contributed by atoms with E-state index >= 15 is 0 Å². The number of aryl methyl sites for hydroxylation is 1. The zero-order chi connectivity index (χ0) is 22.4. The Balaban J connectivity index is 1.65. The summed E-state index contributed by atoms with van der Waals surface area (Å²) in [5.74, 6) is 0.591. The number of likely N-dealkylation sites (N-methyl/N-ethyl adjacent to an activating group) is 1. The van der Waals surface area contributed by atoms with Gasteiger partial charge in [0.1, 0.15) is 4.83 Å². The highest BCUT2D eigenvalue weighted by molar-refractivity contribution is 7.98. The quantitative estimate of drug-likeness (QED) is 0.241. The lowest BCUT2D eigenvalue weighted by molar-refractivity contribution is 0.318. The molecule has 8 heteroatoms. The van der Waals surface area contributed by atoms with Crippen LogP contribution in [0.15, 0.2) is 52.4 Å². The van der Waals surface area contributed by atoms with Gasteiger partial charge in [0, 0.05) is 33.8 Å². The summed E-state index contributed by atoms with van der Waals surface area (Å²) >= 11 is 15.6. The third-order valence-corrected chi connectivity index (χ3v) is 8.38. The molecule has 32 heavy (non-hydrogen) atoms. The molecule has 4 aromatic rings. The molecule has 0 N–H and O–H groups in total. The first-order chi connectivity index (χ1) is 15.4. The summed E-state index contributed by atoms with van der Waals surface area (Å²) in [5.41, 5.74) is 4.10. The van der Waals surface area contributed by atoms with Crippen LogP contribution in [0, 0.1) is 6.92 Å². The molecule has 0 atom stereocenters. The van der Waals surface area contributed by atoms with Crippen LogP contribution in [0.4, 0.5) is 0 Å². The van der Waals surface area contributed by atoms with E-state index in [1.54, 1.807) is 22.0 Å². The maximum absolute atomic E-state index is 13.8. The summed E-state index contributed by atoms with van der Waals surface area (Å²) in [7, 11) is 2.11. The molecule has 0 saturated heterocycles. The molecular weight excluding hydrogens is 481 g/mol. The normalized spacial score (nSPS) is 14.1. The van der Waals surface area contributed by atoms with E-state index in [-0.39, 0.29) is 5.56 Å². The maximum atomic E-state index is 13.8. The summed E-state index contributed by atoms with van der Waals surface area (Å²) in [6.45, 7) is 3.86. The molecule has 2 aromatic carbocycles. The van der Waals surface area contributed by atoms with Crippen LogP contribution < -0.4 is 5.56 Å². The lowest BCUT2D eigenvalue weighted by Crippen LogP contribution is -2.27. The molecule has 0 unspecified atom stereocenters. The van der Waals surface area contributed by atoms with Gasteiger partial charge in [0.2, 0.25) is 0 Å². The largest absolute Gasteiger partial charge is 0.301 e. The highest BCUT2D eigenvalue weighted by atomic mass is 35.5. The van der Waals surface area contributed by atoms with Gasteiger partial charge in [0.05, 0.1) is 11.1 Å². The van der Waals surface area contributed by atoms with Crippen LogP contribution in [0.5, 0.6) is 0 Å². The van der Waals surface area contributed by atoms with Crippen LogP contribution in [0.3, 0.4) is 0 Å². The zero-order valence-electron chi connectivity index (χ0n) is 17.7. The predicted octanol–water partition coefficient (Wildman–Crippen LogP) is 6.34. The van der Waals surface area contributed by atoms with Crippen molar-refractivity contribution in [3.05, 3.63) is 84.4 Å². The minimum atomic E-state index is 0.00519. The second-order valence-corrected chi connectivity index (χ2v) is 10.9. The number of halogens is 2. The minimum absolute atomic E-state index is 0.00519. The van der Waals surface area contributed by atoms with Crippen molar-refractivity contribution in [2.45, 2.75) is 30.8 Å². The topological polar surface area (TPSA) is 38.1 Å². The fourth-order valence-electron chi connectivity index (χ4n) is 3.95. The van der Waals surface area contributed by atoms with Crippen LogP contribution in [0.2, 0.25) is 10.0 Å². The number of aromatic nitrogens is 2. The molecule has 1 aliphatic rings. The van der Waals surface area contributed by atoms with Crippen molar-refractivity contribution in [1.82, 2.24) is 14.5 Å². The first kappa shape index (κ1) is 22.0. The third kappa shape index (κ3) is 4.11. The number of fused-ring (bicyclic) bond motifs is 3. The Morgan fingerprint density at radius 2 is 1.94 bits per heavy atom. The monoisotopic (exact) mass is 501 g/mol. The van der Waals surface area contributed by atoms with Crippen LogP contribution in [-0.4, -0.2) is 28.0 Å². The van der Waals surface area contributed by atoms with Crippen LogP contribution >= 0.6 is 46.3 Å². The number of hydrogen-bond donors (Lipinski definition) is 0. The average Bonchev–Trinajstić information content (AvgIpc) is 3.11. The molecule has 0 bridgehead atoms. The van der Waals surface area contributed by atoms with Crippen molar-refractivity contribution in [3.8, 4) is 5.69 Å². The van der Waals surface area contributed by atoms with E-state index in [2.05, 4.69) is 11.9 Å². The maximum Gasteiger partial charge on any atom is 0.267 e. The fraction of sp³-hybridized carbons (Fsp3) is 0.250. The highest BCUT2D eigenvalue weighted by Gasteiger charge is 2.24. The first-order valence-corrected chi connectivity index (χ1v) is 12.9.